The van der Waals surface area contributed by atoms with E-state index in [1.807, 2.05) is 19.9 Å². The fraction of sp³-hybridized carbons (Fsp3) is 0.667. The average Bonchev–Trinajstić information content (AvgIpc) is 2.50. The number of sulfonamides is 1. The Morgan fingerprint density at radius 3 is 2.48 bits per heavy atom. The number of aromatic nitrogens is 1. The van der Waals surface area contributed by atoms with Crippen LogP contribution in [0.25, 0.3) is 0 Å². The van der Waals surface area contributed by atoms with Crippen molar-refractivity contribution in [2.24, 2.45) is 5.92 Å². The van der Waals surface area contributed by atoms with Crippen LogP contribution in [-0.4, -0.2) is 37.3 Å². The first-order chi connectivity index (χ1) is 9.95. The summed E-state index contributed by atoms with van der Waals surface area (Å²) < 4.78 is 26.7. The molecule has 0 saturated heterocycles. The van der Waals surface area contributed by atoms with E-state index in [1.54, 1.807) is 12.3 Å². The molecule has 5 nitrogen and oxygen atoms in total. The van der Waals surface area contributed by atoms with E-state index in [4.69, 9.17) is 0 Å². The molecule has 21 heavy (non-hydrogen) atoms. The van der Waals surface area contributed by atoms with Gasteiger partial charge >= 0.3 is 0 Å². The summed E-state index contributed by atoms with van der Waals surface area (Å²) in [6, 6.07) is 3.42. The fourth-order valence-corrected chi connectivity index (χ4v) is 3.42. The molecule has 0 bridgehead atoms. The van der Waals surface area contributed by atoms with Crippen molar-refractivity contribution < 1.29 is 8.42 Å². The first-order valence-electron chi connectivity index (χ1n) is 7.61. The minimum absolute atomic E-state index is 0.132. The zero-order valence-corrected chi connectivity index (χ0v) is 14.3. The Morgan fingerprint density at radius 2 is 2.00 bits per heavy atom. The Balaban J connectivity index is 2.89. The number of nitrogens with zero attached hydrogens (tertiary/aromatic N) is 2. The molecule has 0 amide bonds. The lowest BCUT2D eigenvalue weighted by Gasteiger charge is -2.23. The van der Waals surface area contributed by atoms with Crippen LogP contribution >= 0.6 is 0 Å². The minimum atomic E-state index is -3.49. The van der Waals surface area contributed by atoms with Crippen LogP contribution in [0.2, 0.25) is 0 Å². The summed E-state index contributed by atoms with van der Waals surface area (Å²) in [6.07, 6.45) is 2.59. The Labute approximate surface area is 128 Å². The largest absolute Gasteiger partial charge is 0.313 e. The van der Waals surface area contributed by atoms with E-state index in [-0.39, 0.29) is 5.03 Å². The third kappa shape index (κ3) is 5.05. The SMILES string of the molecule is CCNCc1ccc(S(=O)(=O)N(CC)CC(C)CC)nc1. The molecule has 0 aromatic carbocycles. The van der Waals surface area contributed by atoms with Gasteiger partial charge in [-0.15, -0.1) is 0 Å². The van der Waals surface area contributed by atoms with Crippen molar-refractivity contribution in [2.75, 3.05) is 19.6 Å². The van der Waals surface area contributed by atoms with E-state index in [1.165, 1.54) is 4.31 Å². The molecule has 1 aromatic heterocycles. The van der Waals surface area contributed by atoms with Crippen molar-refractivity contribution in [1.29, 1.82) is 0 Å². The molecule has 1 aromatic rings. The van der Waals surface area contributed by atoms with Gasteiger partial charge in [0.1, 0.15) is 0 Å². The molecule has 1 rings (SSSR count). The van der Waals surface area contributed by atoms with E-state index in [2.05, 4.69) is 24.1 Å². The summed E-state index contributed by atoms with van der Waals surface area (Å²) in [5.74, 6) is 0.341. The van der Waals surface area contributed by atoms with Gasteiger partial charge in [-0.05, 0) is 24.1 Å². The van der Waals surface area contributed by atoms with Gasteiger partial charge in [-0.1, -0.05) is 40.2 Å². The van der Waals surface area contributed by atoms with Crippen LogP contribution in [0, 0.1) is 5.92 Å². The predicted octanol–water partition coefficient (Wildman–Crippen LogP) is 2.25. The van der Waals surface area contributed by atoms with Crippen molar-refractivity contribution in [3.05, 3.63) is 23.9 Å². The summed E-state index contributed by atoms with van der Waals surface area (Å²) >= 11 is 0. The maximum absolute atomic E-state index is 12.6. The smallest absolute Gasteiger partial charge is 0.260 e. The molecule has 0 aliphatic rings. The number of pyridine rings is 1. The lowest BCUT2D eigenvalue weighted by Crippen LogP contribution is -2.35. The molecule has 0 saturated carbocycles. The van der Waals surface area contributed by atoms with Gasteiger partial charge in [0.2, 0.25) is 0 Å². The second-order valence-electron chi connectivity index (χ2n) is 5.25. The summed E-state index contributed by atoms with van der Waals surface area (Å²) in [7, 11) is -3.49. The molecule has 1 atom stereocenters. The zero-order valence-electron chi connectivity index (χ0n) is 13.5. The van der Waals surface area contributed by atoms with Crippen molar-refractivity contribution >= 4 is 10.0 Å². The standard InChI is InChI=1S/C15H27N3O2S/c1-5-13(4)12-18(7-3)21(19,20)15-9-8-14(11-17-15)10-16-6-2/h8-9,11,13,16H,5-7,10,12H2,1-4H3. The molecule has 0 aliphatic heterocycles. The van der Waals surface area contributed by atoms with Gasteiger partial charge in [-0.3, -0.25) is 0 Å². The molecule has 120 valence electrons. The van der Waals surface area contributed by atoms with Gasteiger partial charge in [0.15, 0.2) is 5.03 Å². The van der Waals surface area contributed by atoms with E-state index in [0.29, 0.717) is 25.6 Å². The zero-order chi connectivity index (χ0) is 15.9. The normalized spacial score (nSPS) is 13.6. The van der Waals surface area contributed by atoms with Crippen LogP contribution in [0.15, 0.2) is 23.4 Å². The highest BCUT2D eigenvalue weighted by Crippen LogP contribution is 2.16. The number of hydrogen-bond acceptors (Lipinski definition) is 4. The topological polar surface area (TPSA) is 62.3 Å². The third-order valence-electron chi connectivity index (χ3n) is 3.55. The van der Waals surface area contributed by atoms with Crippen LogP contribution in [0.3, 0.4) is 0 Å². The van der Waals surface area contributed by atoms with Gasteiger partial charge in [0.25, 0.3) is 10.0 Å². The van der Waals surface area contributed by atoms with Crippen molar-refractivity contribution in [1.82, 2.24) is 14.6 Å². The number of hydrogen-bond donors (Lipinski definition) is 1. The molecule has 0 radical (unpaired) electrons. The van der Waals surface area contributed by atoms with E-state index in [9.17, 15) is 8.42 Å². The molecule has 6 heteroatoms. The Hall–Kier alpha value is -0.980. The average molecular weight is 313 g/mol. The summed E-state index contributed by atoms with van der Waals surface area (Å²) in [4.78, 5) is 4.14. The Kier molecular flexibility index (Phi) is 7.28. The second-order valence-corrected chi connectivity index (χ2v) is 7.14. The highest BCUT2D eigenvalue weighted by molar-refractivity contribution is 7.89. The van der Waals surface area contributed by atoms with E-state index < -0.39 is 10.0 Å². The van der Waals surface area contributed by atoms with Gasteiger partial charge in [0.05, 0.1) is 0 Å². The first kappa shape index (κ1) is 18.1. The van der Waals surface area contributed by atoms with Crippen molar-refractivity contribution in [3.8, 4) is 0 Å². The van der Waals surface area contributed by atoms with Gasteiger partial charge in [-0.25, -0.2) is 13.4 Å². The Morgan fingerprint density at radius 1 is 1.29 bits per heavy atom. The monoisotopic (exact) mass is 313 g/mol. The molecule has 0 fully saturated rings. The molecule has 0 spiro atoms. The minimum Gasteiger partial charge on any atom is -0.313 e. The fourth-order valence-electron chi connectivity index (χ4n) is 1.94. The summed E-state index contributed by atoms with van der Waals surface area (Å²) in [5, 5.41) is 3.32. The van der Waals surface area contributed by atoms with Gasteiger partial charge < -0.3 is 5.32 Å². The Bertz CT molecular complexity index is 514. The predicted molar refractivity (Wildman–Crippen MR) is 85.5 cm³/mol. The molecular weight excluding hydrogens is 286 g/mol. The lowest BCUT2D eigenvalue weighted by molar-refractivity contribution is 0.360. The molecule has 1 unspecified atom stereocenters. The van der Waals surface area contributed by atoms with Crippen molar-refractivity contribution in [2.45, 2.75) is 45.7 Å². The second kappa shape index (κ2) is 8.46. The summed E-state index contributed by atoms with van der Waals surface area (Å²) in [5.41, 5.74) is 0.987. The van der Waals surface area contributed by atoms with Gasteiger partial charge in [-0.2, -0.15) is 4.31 Å². The first-order valence-corrected chi connectivity index (χ1v) is 9.05. The van der Waals surface area contributed by atoms with Crippen LogP contribution in [-0.2, 0) is 16.6 Å². The maximum atomic E-state index is 12.6. The molecule has 0 aliphatic carbocycles. The van der Waals surface area contributed by atoms with E-state index in [0.717, 1.165) is 18.5 Å². The van der Waals surface area contributed by atoms with Crippen LogP contribution in [0.5, 0.6) is 0 Å². The maximum Gasteiger partial charge on any atom is 0.260 e. The van der Waals surface area contributed by atoms with Crippen molar-refractivity contribution in [3.63, 3.8) is 0 Å². The molecule has 1 N–H and O–H groups in total. The highest BCUT2D eigenvalue weighted by atomic mass is 32.2. The van der Waals surface area contributed by atoms with E-state index >= 15 is 0 Å². The molecule has 1 heterocycles. The van der Waals surface area contributed by atoms with Crippen LogP contribution < -0.4 is 5.32 Å². The van der Waals surface area contributed by atoms with Crippen LogP contribution in [0.1, 0.15) is 39.7 Å². The quantitative estimate of drug-likeness (QED) is 0.759. The van der Waals surface area contributed by atoms with Gasteiger partial charge in [0, 0.05) is 25.8 Å². The lowest BCUT2D eigenvalue weighted by atomic mass is 10.1. The summed E-state index contributed by atoms with van der Waals surface area (Å²) in [6.45, 7) is 10.6. The molecular formula is C15H27N3O2S. The number of rotatable bonds is 9. The number of nitrogens with one attached hydrogen (secondary N) is 1. The van der Waals surface area contributed by atoms with Crippen LogP contribution in [0.4, 0.5) is 0 Å². The third-order valence-corrected chi connectivity index (χ3v) is 5.40. The highest BCUT2D eigenvalue weighted by Gasteiger charge is 2.25.